The van der Waals surface area contributed by atoms with Crippen LogP contribution >= 0.6 is 0 Å². The van der Waals surface area contributed by atoms with E-state index in [2.05, 4.69) is 63.2 Å². The second-order valence-corrected chi connectivity index (χ2v) is 12.7. The van der Waals surface area contributed by atoms with Gasteiger partial charge in [0.15, 0.2) is 0 Å². The number of nitrogens with one attached hydrogen (secondary N) is 3. The molecule has 0 fully saturated rings. The van der Waals surface area contributed by atoms with Crippen LogP contribution in [0.4, 0.5) is 0 Å². The van der Waals surface area contributed by atoms with E-state index < -0.39 is 0 Å². The van der Waals surface area contributed by atoms with Crippen LogP contribution in [0.15, 0.2) is 0 Å². The first kappa shape index (κ1) is 41.5. The van der Waals surface area contributed by atoms with Crippen molar-refractivity contribution in [2.45, 2.75) is 33.2 Å². The SMILES string of the molecule is CC(C)(CN)CNCCN(CCN(CCN)CCN)CCN(CCNCCN)CCNCCN(CCN)C(C)(C)CN. The number of nitrogens with zero attached hydrogens (tertiary/aromatic N) is 4. The van der Waals surface area contributed by atoms with E-state index in [0.717, 1.165) is 111 Å². The second-order valence-electron chi connectivity index (χ2n) is 12.7. The van der Waals surface area contributed by atoms with Crippen molar-refractivity contribution in [1.29, 1.82) is 0 Å². The maximum atomic E-state index is 6.01. The van der Waals surface area contributed by atoms with Crippen LogP contribution in [0.2, 0.25) is 0 Å². The maximum Gasteiger partial charge on any atom is 0.0276 e. The molecule has 0 atom stereocenters. The lowest BCUT2D eigenvalue weighted by Gasteiger charge is -2.37. The summed E-state index contributed by atoms with van der Waals surface area (Å²) in [6.07, 6.45) is 0. The van der Waals surface area contributed by atoms with E-state index in [1.54, 1.807) is 0 Å². The zero-order valence-electron chi connectivity index (χ0n) is 28.0. The Morgan fingerprint density at radius 1 is 0.429 bits per heavy atom. The van der Waals surface area contributed by atoms with Gasteiger partial charge >= 0.3 is 0 Å². The molecule has 0 heterocycles. The van der Waals surface area contributed by atoms with Crippen LogP contribution in [-0.4, -0.2) is 176 Å². The van der Waals surface area contributed by atoms with E-state index in [-0.39, 0.29) is 11.0 Å². The fraction of sp³-hybridized carbons (Fsp3) is 1.00. The largest absolute Gasteiger partial charge is 0.330 e. The van der Waals surface area contributed by atoms with Crippen molar-refractivity contribution in [3.63, 3.8) is 0 Å². The zero-order valence-corrected chi connectivity index (χ0v) is 28.0. The Morgan fingerprint density at radius 2 is 0.857 bits per heavy atom. The van der Waals surface area contributed by atoms with E-state index in [0.29, 0.717) is 39.3 Å². The Hall–Kier alpha value is -0.520. The van der Waals surface area contributed by atoms with Gasteiger partial charge in [-0.2, -0.15) is 0 Å². The molecule has 0 rings (SSSR count). The molecule has 42 heavy (non-hydrogen) atoms. The minimum absolute atomic E-state index is 0.0516. The van der Waals surface area contributed by atoms with E-state index in [1.807, 2.05) is 0 Å². The van der Waals surface area contributed by atoms with Gasteiger partial charge in [-0.05, 0) is 25.8 Å². The first-order chi connectivity index (χ1) is 20.1. The first-order valence-corrected chi connectivity index (χ1v) is 16.3. The van der Waals surface area contributed by atoms with Crippen molar-refractivity contribution in [2.75, 3.05) is 151 Å². The highest BCUT2D eigenvalue weighted by molar-refractivity contribution is 4.83. The number of hydrogen-bond donors (Lipinski definition) is 9. The fourth-order valence-corrected chi connectivity index (χ4v) is 4.72. The van der Waals surface area contributed by atoms with Crippen molar-refractivity contribution < 1.29 is 0 Å². The smallest absolute Gasteiger partial charge is 0.0276 e. The predicted molar refractivity (Wildman–Crippen MR) is 182 cm³/mol. The van der Waals surface area contributed by atoms with Gasteiger partial charge in [0.1, 0.15) is 0 Å². The van der Waals surface area contributed by atoms with Crippen LogP contribution in [0.25, 0.3) is 0 Å². The van der Waals surface area contributed by atoms with Crippen LogP contribution in [0, 0.1) is 5.41 Å². The van der Waals surface area contributed by atoms with Gasteiger partial charge in [0.05, 0.1) is 0 Å². The van der Waals surface area contributed by atoms with Gasteiger partial charge in [0.2, 0.25) is 0 Å². The van der Waals surface area contributed by atoms with Crippen LogP contribution < -0.4 is 50.4 Å². The van der Waals surface area contributed by atoms with E-state index in [9.17, 15) is 0 Å². The minimum atomic E-state index is -0.0516. The molecule has 0 bridgehead atoms. The Labute approximate surface area is 259 Å². The van der Waals surface area contributed by atoms with Gasteiger partial charge in [-0.25, -0.2) is 0 Å². The van der Waals surface area contributed by atoms with Gasteiger partial charge in [-0.3, -0.25) is 19.6 Å². The molecule has 0 radical (unpaired) electrons. The molecule has 0 saturated heterocycles. The molecule has 0 aliphatic carbocycles. The molecule has 0 unspecified atom stereocenters. The van der Waals surface area contributed by atoms with Gasteiger partial charge in [-0.1, -0.05) is 13.8 Å². The molecule has 0 aliphatic rings. The van der Waals surface area contributed by atoms with Crippen LogP contribution in [0.5, 0.6) is 0 Å². The van der Waals surface area contributed by atoms with Gasteiger partial charge in [-0.15, -0.1) is 0 Å². The molecule has 0 aliphatic heterocycles. The average molecular weight is 604 g/mol. The lowest BCUT2D eigenvalue weighted by molar-refractivity contribution is 0.131. The van der Waals surface area contributed by atoms with Gasteiger partial charge in [0, 0.05) is 150 Å². The van der Waals surface area contributed by atoms with Crippen LogP contribution in [0.1, 0.15) is 27.7 Å². The summed E-state index contributed by atoms with van der Waals surface area (Å²) in [6.45, 7) is 28.6. The molecule has 13 nitrogen and oxygen atoms in total. The highest BCUT2D eigenvalue weighted by Gasteiger charge is 2.24. The first-order valence-electron chi connectivity index (χ1n) is 16.3. The number of rotatable bonds is 31. The third-order valence-electron chi connectivity index (χ3n) is 7.96. The lowest BCUT2D eigenvalue weighted by atomic mass is 9.94. The molecule has 0 saturated carbocycles. The zero-order chi connectivity index (χ0) is 31.7. The maximum absolute atomic E-state index is 6.01. The third kappa shape index (κ3) is 21.2. The summed E-state index contributed by atoms with van der Waals surface area (Å²) in [5.74, 6) is 0. The highest BCUT2D eigenvalue weighted by Crippen LogP contribution is 2.11. The van der Waals surface area contributed by atoms with E-state index in [4.69, 9.17) is 34.4 Å². The van der Waals surface area contributed by atoms with Gasteiger partial charge < -0.3 is 50.4 Å². The summed E-state index contributed by atoms with van der Waals surface area (Å²) in [6, 6.07) is 0. The standard InChI is InChI=1S/C29H73N13/c1-28(2,25-34)27-38-12-19-41(23-21-39(14-6-31)15-7-32)24-22-40(17-10-36-9-5-30)18-11-37-13-20-42(16-8-33)29(3,4)26-35/h36-38H,5-27,30-35H2,1-4H3. The predicted octanol–water partition coefficient (Wildman–Crippen LogP) is -3.48. The van der Waals surface area contributed by atoms with Crippen molar-refractivity contribution in [1.82, 2.24) is 35.6 Å². The second kappa shape index (κ2) is 25.8. The van der Waals surface area contributed by atoms with Crippen molar-refractivity contribution >= 4 is 0 Å². The third-order valence-corrected chi connectivity index (χ3v) is 7.96. The topological polar surface area (TPSA) is 205 Å². The van der Waals surface area contributed by atoms with E-state index in [1.165, 1.54) is 0 Å². The monoisotopic (exact) mass is 604 g/mol. The normalized spacial score (nSPS) is 13.0. The fourth-order valence-electron chi connectivity index (χ4n) is 4.72. The van der Waals surface area contributed by atoms with E-state index >= 15 is 0 Å². The summed E-state index contributed by atoms with van der Waals surface area (Å²) >= 11 is 0. The highest BCUT2D eigenvalue weighted by atomic mass is 15.2. The van der Waals surface area contributed by atoms with Crippen LogP contribution in [-0.2, 0) is 0 Å². The average Bonchev–Trinajstić information content (AvgIpc) is 2.97. The quantitative estimate of drug-likeness (QED) is 0.0354. The Bertz CT molecular complexity index is 588. The molecular weight excluding hydrogens is 530 g/mol. The van der Waals surface area contributed by atoms with Crippen molar-refractivity contribution in [3.8, 4) is 0 Å². The van der Waals surface area contributed by atoms with Crippen molar-refractivity contribution in [2.24, 2.45) is 39.8 Å². The summed E-state index contributed by atoms with van der Waals surface area (Å²) in [5.41, 5.74) is 35.3. The van der Waals surface area contributed by atoms with Crippen LogP contribution in [0.3, 0.4) is 0 Å². The summed E-state index contributed by atoms with van der Waals surface area (Å²) in [4.78, 5) is 9.87. The molecule has 0 aromatic rings. The molecule has 0 aromatic heterocycles. The Kier molecular flexibility index (Phi) is 25.5. The molecule has 0 aromatic carbocycles. The molecule has 15 N–H and O–H groups in total. The number of nitrogens with two attached hydrogens (primary N) is 6. The summed E-state index contributed by atoms with van der Waals surface area (Å²) in [7, 11) is 0. The number of hydrogen-bond acceptors (Lipinski definition) is 13. The molecular formula is C29H73N13. The Balaban J connectivity index is 5.05. The molecule has 0 amide bonds. The minimum Gasteiger partial charge on any atom is -0.330 e. The summed E-state index contributed by atoms with van der Waals surface area (Å²) in [5, 5.41) is 10.7. The molecule has 13 heteroatoms. The Morgan fingerprint density at radius 3 is 1.31 bits per heavy atom. The molecule has 0 spiro atoms. The lowest BCUT2D eigenvalue weighted by Crippen LogP contribution is -2.53. The van der Waals surface area contributed by atoms with Gasteiger partial charge in [0.25, 0.3) is 0 Å². The summed E-state index contributed by atoms with van der Waals surface area (Å²) < 4.78 is 0. The molecule has 254 valence electrons. The van der Waals surface area contributed by atoms with Crippen molar-refractivity contribution in [3.05, 3.63) is 0 Å².